The van der Waals surface area contributed by atoms with Crippen molar-refractivity contribution in [3.05, 3.63) is 10.3 Å². The lowest BCUT2D eigenvalue weighted by Gasteiger charge is -1.97. The third kappa shape index (κ3) is 1.90. The van der Waals surface area contributed by atoms with E-state index in [0.717, 1.165) is 0 Å². The Kier molecular flexibility index (Phi) is 2.32. The van der Waals surface area contributed by atoms with E-state index in [1.165, 1.54) is 18.0 Å². The molecule has 0 amide bonds. The first-order valence-electron chi connectivity index (χ1n) is 2.71. The van der Waals surface area contributed by atoms with Crippen molar-refractivity contribution < 1.29 is 8.42 Å². The molecule has 0 aromatic rings. The Bertz CT molecular complexity index is 255. The molecule has 0 bridgehead atoms. The molecular weight excluding hydrogens is 192 g/mol. The van der Waals surface area contributed by atoms with Crippen LogP contribution < -0.4 is 0 Å². The summed E-state index contributed by atoms with van der Waals surface area (Å²) in [5, 5.41) is 0. The third-order valence-corrected chi connectivity index (χ3v) is 4.47. The highest BCUT2D eigenvalue weighted by Gasteiger charge is 2.21. The van der Waals surface area contributed by atoms with Gasteiger partial charge in [0.1, 0.15) is 0 Å². The average Bonchev–Trinajstić information content (AvgIpc) is 2.11. The first-order chi connectivity index (χ1) is 4.50. The molecule has 0 fully saturated rings. The van der Waals surface area contributed by atoms with E-state index >= 15 is 0 Å². The summed E-state index contributed by atoms with van der Waals surface area (Å²) in [7, 11) is -3.00. The molecule has 1 unspecified atom stereocenters. The number of hydrogen-bond donors (Lipinski definition) is 0. The van der Waals surface area contributed by atoms with Crippen molar-refractivity contribution in [2.75, 3.05) is 6.26 Å². The van der Waals surface area contributed by atoms with Crippen LogP contribution in [0.4, 0.5) is 0 Å². The molecule has 0 N–H and O–H groups in total. The largest absolute Gasteiger partial charge is 0.223 e. The number of rotatable bonds is 1. The normalized spacial score (nSPS) is 26.6. The number of halogens is 1. The van der Waals surface area contributed by atoms with Crippen LogP contribution >= 0.6 is 23.4 Å². The van der Waals surface area contributed by atoms with Gasteiger partial charge in [-0.3, -0.25) is 0 Å². The molecule has 5 heteroatoms. The summed E-state index contributed by atoms with van der Waals surface area (Å²) in [5.41, 5.74) is 0. The molecular formula is C5H7ClO2S2. The Morgan fingerprint density at radius 1 is 1.80 bits per heavy atom. The summed E-state index contributed by atoms with van der Waals surface area (Å²) in [6.45, 7) is 0. The number of allylic oxidation sites excluding steroid dienone is 1. The van der Waals surface area contributed by atoms with Crippen LogP contribution in [0, 0.1) is 0 Å². The van der Waals surface area contributed by atoms with Crippen molar-refractivity contribution in [3.8, 4) is 0 Å². The maximum Gasteiger partial charge on any atom is 0.181 e. The quantitative estimate of drug-likeness (QED) is 0.600. The van der Waals surface area contributed by atoms with Gasteiger partial charge < -0.3 is 0 Å². The van der Waals surface area contributed by atoms with Gasteiger partial charge in [-0.25, -0.2) is 8.42 Å². The second kappa shape index (κ2) is 2.75. The van der Waals surface area contributed by atoms with Gasteiger partial charge in [-0.2, -0.15) is 0 Å². The number of sulfone groups is 1. The molecule has 0 aromatic carbocycles. The van der Waals surface area contributed by atoms with E-state index in [0.29, 0.717) is 10.7 Å². The molecule has 1 rings (SSSR count). The fourth-order valence-corrected chi connectivity index (χ4v) is 3.27. The van der Waals surface area contributed by atoms with E-state index in [-0.39, 0.29) is 4.71 Å². The van der Waals surface area contributed by atoms with E-state index in [2.05, 4.69) is 0 Å². The Balaban J connectivity index is 2.80. The summed E-state index contributed by atoms with van der Waals surface area (Å²) in [4.78, 5) is 0. The van der Waals surface area contributed by atoms with Crippen molar-refractivity contribution in [2.24, 2.45) is 0 Å². The van der Waals surface area contributed by atoms with Crippen molar-refractivity contribution in [1.82, 2.24) is 0 Å². The van der Waals surface area contributed by atoms with Crippen molar-refractivity contribution >= 4 is 33.2 Å². The molecule has 0 aliphatic carbocycles. The lowest BCUT2D eigenvalue weighted by molar-refractivity contribution is 0.609. The van der Waals surface area contributed by atoms with Crippen molar-refractivity contribution in [3.63, 3.8) is 0 Å². The molecule has 1 heterocycles. The van der Waals surface area contributed by atoms with Crippen LogP contribution in [0.15, 0.2) is 10.3 Å². The molecule has 2 nitrogen and oxygen atoms in total. The zero-order valence-corrected chi connectivity index (χ0v) is 7.76. The maximum atomic E-state index is 10.8. The fourth-order valence-electron chi connectivity index (χ4n) is 0.650. The Morgan fingerprint density at radius 3 is 2.60 bits per heavy atom. The van der Waals surface area contributed by atoms with Gasteiger partial charge in [0.05, 0.1) is 8.95 Å². The van der Waals surface area contributed by atoms with Gasteiger partial charge in [-0.1, -0.05) is 17.8 Å². The summed E-state index contributed by atoms with van der Waals surface area (Å²) in [6, 6.07) is 0. The third-order valence-electron chi connectivity index (χ3n) is 1.08. The predicted molar refractivity (Wildman–Crippen MR) is 44.8 cm³/mol. The molecule has 0 spiro atoms. The van der Waals surface area contributed by atoms with E-state index in [9.17, 15) is 8.42 Å². The van der Waals surface area contributed by atoms with Gasteiger partial charge in [0.25, 0.3) is 0 Å². The number of alkyl halides is 1. The lowest BCUT2D eigenvalue weighted by atomic mass is 10.5. The van der Waals surface area contributed by atoms with E-state index < -0.39 is 9.84 Å². The topological polar surface area (TPSA) is 34.1 Å². The molecule has 0 saturated heterocycles. The van der Waals surface area contributed by atoms with Gasteiger partial charge >= 0.3 is 0 Å². The zero-order chi connectivity index (χ0) is 7.78. The van der Waals surface area contributed by atoms with Gasteiger partial charge in [-0.05, 0) is 6.42 Å². The summed E-state index contributed by atoms with van der Waals surface area (Å²) < 4.78 is 22.0. The minimum Gasteiger partial charge on any atom is -0.223 e. The van der Waals surface area contributed by atoms with Gasteiger partial charge in [-0.15, -0.1) is 11.6 Å². The number of thioether (sulfide) groups is 1. The first-order valence-corrected chi connectivity index (χ1v) is 5.92. The molecule has 0 saturated carbocycles. The van der Waals surface area contributed by atoms with E-state index in [1.54, 1.807) is 6.08 Å². The molecule has 1 aliphatic heterocycles. The van der Waals surface area contributed by atoms with Crippen LogP contribution in [0.1, 0.15) is 6.42 Å². The molecule has 1 atom stereocenters. The monoisotopic (exact) mass is 198 g/mol. The summed E-state index contributed by atoms with van der Waals surface area (Å²) in [6.07, 6.45) is 3.51. The minimum absolute atomic E-state index is 0.0928. The molecule has 58 valence electrons. The summed E-state index contributed by atoms with van der Waals surface area (Å²) >= 11 is 6.87. The Labute approximate surface area is 69.6 Å². The minimum atomic E-state index is -3.00. The lowest BCUT2D eigenvalue weighted by Crippen LogP contribution is -1.95. The highest BCUT2D eigenvalue weighted by Crippen LogP contribution is 2.37. The second-order valence-corrected chi connectivity index (χ2v) is 6.33. The van der Waals surface area contributed by atoms with E-state index in [4.69, 9.17) is 11.6 Å². The molecule has 0 aromatic heterocycles. The maximum absolute atomic E-state index is 10.8. The molecule has 10 heavy (non-hydrogen) atoms. The molecule has 0 radical (unpaired) electrons. The van der Waals surface area contributed by atoms with Crippen molar-refractivity contribution in [2.45, 2.75) is 11.1 Å². The van der Waals surface area contributed by atoms with Crippen LogP contribution in [-0.4, -0.2) is 19.4 Å². The number of hydrogen-bond acceptors (Lipinski definition) is 3. The Morgan fingerprint density at radius 2 is 2.40 bits per heavy atom. The van der Waals surface area contributed by atoms with Crippen LogP contribution in [0.3, 0.4) is 0 Å². The molecule has 1 aliphatic rings. The SMILES string of the molecule is CS(=O)(=O)C1=CCC(Cl)S1. The van der Waals surface area contributed by atoms with Gasteiger partial charge in [0.2, 0.25) is 0 Å². The van der Waals surface area contributed by atoms with Crippen LogP contribution in [0.25, 0.3) is 0 Å². The predicted octanol–water partition coefficient (Wildman–Crippen LogP) is 1.57. The standard InChI is InChI=1S/C5H7ClO2S2/c1-10(7,8)5-3-2-4(6)9-5/h3-4H,2H2,1H3. The second-order valence-electron chi connectivity index (χ2n) is 2.06. The van der Waals surface area contributed by atoms with Crippen LogP contribution in [0.2, 0.25) is 0 Å². The van der Waals surface area contributed by atoms with Gasteiger partial charge in [0.15, 0.2) is 9.84 Å². The first kappa shape index (κ1) is 8.43. The van der Waals surface area contributed by atoms with Crippen molar-refractivity contribution in [1.29, 1.82) is 0 Å². The highest BCUT2D eigenvalue weighted by molar-refractivity contribution is 8.19. The van der Waals surface area contributed by atoms with E-state index in [1.807, 2.05) is 0 Å². The smallest absolute Gasteiger partial charge is 0.181 e. The van der Waals surface area contributed by atoms with Crippen LogP contribution in [-0.2, 0) is 9.84 Å². The van der Waals surface area contributed by atoms with Gasteiger partial charge in [0, 0.05) is 6.26 Å². The highest BCUT2D eigenvalue weighted by atomic mass is 35.5. The fraction of sp³-hybridized carbons (Fsp3) is 0.600. The Hall–Kier alpha value is 0.330. The average molecular weight is 199 g/mol. The van der Waals surface area contributed by atoms with Crippen LogP contribution in [0.5, 0.6) is 0 Å². The zero-order valence-electron chi connectivity index (χ0n) is 5.37. The summed E-state index contributed by atoms with van der Waals surface area (Å²) in [5.74, 6) is 0.